The summed E-state index contributed by atoms with van der Waals surface area (Å²) in [6.45, 7) is 4.07. The molecule has 1 heterocycles. The molecule has 0 amide bonds. The number of thiazole rings is 1. The number of sulfone groups is 1. The fraction of sp³-hybridized carbons (Fsp3) is 0.357. The zero-order valence-corrected chi connectivity index (χ0v) is 14.8. The lowest BCUT2D eigenvalue weighted by Gasteiger charge is -2.04. The second kappa shape index (κ2) is 6.65. The molecule has 1 aromatic carbocycles. The lowest BCUT2D eigenvalue weighted by Crippen LogP contribution is -2.08. The summed E-state index contributed by atoms with van der Waals surface area (Å²) in [7, 11) is -3.29. The van der Waals surface area contributed by atoms with Crippen LogP contribution in [0.25, 0.3) is 0 Å². The van der Waals surface area contributed by atoms with Crippen molar-refractivity contribution in [3.63, 3.8) is 0 Å². The third-order valence-electron chi connectivity index (χ3n) is 2.80. The Hall–Kier alpha value is -0.620. The van der Waals surface area contributed by atoms with Gasteiger partial charge in [0.15, 0.2) is 9.84 Å². The summed E-state index contributed by atoms with van der Waals surface area (Å²) >= 11 is 13.2. The first-order chi connectivity index (χ1) is 9.77. The Labute approximate surface area is 138 Å². The molecular weight excluding hydrogens is 349 g/mol. The van der Waals surface area contributed by atoms with Gasteiger partial charge >= 0.3 is 0 Å². The van der Waals surface area contributed by atoms with Crippen LogP contribution in [0.1, 0.15) is 36.0 Å². The smallest absolute Gasteiger partial charge is 0.160 e. The Morgan fingerprint density at radius 1 is 1.19 bits per heavy atom. The van der Waals surface area contributed by atoms with E-state index in [2.05, 4.69) is 4.98 Å². The van der Waals surface area contributed by atoms with Gasteiger partial charge in [0.1, 0.15) is 0 Å². The van der Waals surface area contributed by atoms with Crippen LogP contribution in [0.4, 0.5) is 0 Å². The molecule has 0 aliphatic carbocycles. The second-order valence-corrected chi connectivity index (χ2v) is 8.88. The van der Waals surface area contributed by atoms with Crippen LogP contribution in [0, 0.1) is 0 Å². The number of nitrogens with zero attached hydrogens (tertiary/aromatic N) is 1. The van der Waals surface area contributed by atoms with Crippen molar-refractivity contribution in [3.8, 4) is 0 Å². The van der Waals surface area contributed by atoms with E-state index in [9.17, 15) is 8.42 Å². The SMILES string of the molecule is CC(C)c1nc(CS(=O)(=O)Cc2ccc(Cl)c(Cl)c2)cs1. The minimum atomic E-state index is -3.29. The van der Waals surface area contributed by atoms with Crippen LogP contribution < -0.4 is 0 Å². The van der Waals surface area contributed by atoms with E-state index < -0.39 is 9.84 Å². The number of hydrogen-bond donors (Lipinski definition) is 0. The van der Waals surface area contributed by atoms with Gasteiger partial charge in [-0.25, -0.2) is 13.4 Å². The minimum absolute atomic E-state index is 0.0591. The number of benzene rings is 1. The lowest BCUT2D eigenvalue weighted by molar-refractivity contribution is 0.594. The van der Waals surface area contributed by atoms with Gasteiger partial charge in [0.05, 0.1) is 32.3 Å². The molecule has 21 heavy (non-hydrogen) atoms. The van der Waals surface area contributed by atoms with Gasteiger partial charge in [0.2, 0.25) is 0 Å². The predicted molar refractivity (Wildman–Crippen MR) is 89.0 cm³/mol. The molecule has 7 heteroatoms. The van der Waals surface area contributed by atoms with Crippen molar-refractivity contribution in [2.24, 2.45) is 0 Å². The van der Waals surface area contributed by atoms with E-state index in [1.54, 1.807) is 18.2 Å². The number of aromatic nitrogens is 1. The molecule has 0 radical (unpaired) electrons. The average molecular weight is 364 g/mol. The van der Waals surface area contributed by atoms with Gasteiger partial charge in [-0.2, -0.15) is 0 Å². The van der Waals surface area contributed by atoms with Crippen molar-refractivity contribution in [1.29, 1.82) is 0 Å². The summed E-state index contributed by atoms with van der Waals surface area (Å²) in [6.07, 6.45) is 0. The van der Waals surface area contributed by atoms with E-state index in [1.807, 2.05) is 19.2 Å². The van der Waals surface area contributed by atoms with E-state index in [4.69, 9.17) is 23.2 Å². The molecule has 0 aliphatic rings. The van der Waals surface area contributed by atoms with Gasteiger partial charge in [-0.15, -0.1) is 11.3 Å². The normalized spacial score (nSPS) is 12.0. The molecule has 114 valence electrons. The van der Waals surface area contributed by atoms with E-state index in [0.29, 0.717) is 27.2 Å². The number of rotatable bonds is 5. The van der Waals surface area contributed by atoms with Crippen LogP contribution in [0.3, 0.4) is 0 Å². The average Bonchev–Trinajstić information content (AvgIpc) is 2.81. The zero-order chi connectivity index (χ0) is 15.6. The maximum atomic E-state index is 12.2. The fourth-order valence-corrected chi connectivity index (χ4v) is 4.46. The summed E-state index contributed by atoms with van der Waals surface area (Å²) in [6, 6.07) is 4.86. The summed E-state index contributed by atoms with van der Waals surface area (Å²) in [4.78, 5) is 4.36. The molecule has 2 aromatic rings. The van der Waals surface area contributed by atoms with Crippen LogP contribution in [-0.2, 0) is 21.3 Å². The van der Waals surface area contributed by atoms with E-state index in [0.717, 1.165) is 5.01 Å². The molecule has 0 saturated carbocycles. The highest BCUT2D eigenvalue weighted by Crippen LogP contribution is 2.25. The zero-order valence-electron chi connectivity index (χ0n) is 11.6. The van der Waals surface area contributed by atoms with Crippen molar-refractivity contribution in [1.82, 2.24) is 4.98 Å². The van der Waals surface area contributed by atoms with Gasteiger partial charge < -0.3 is 0 Å². The van der Waals surface area contributed by atoms with Crippen LogP contribution in [-0.4, -0.2) is 13.4 Å². The van der Waals surface area contributed by atoms with Crippen LogP contribution in [0.15, 0.2) is 23.6 Å². The highest BCUT2D eigenvalue weighted by Gasteiger charge is 2.17. The molecule has 0 spiro atoms. The van der Waals surface area contributed by atoms with Gasteiger partial charge in [-0.05, 0) is 17.7 Å². The largest absolute Gasteiger partial charge is 0.245 e. The molecule has 0 fully saturated rings. The molecule has 0 saturated heterocycles. The molecule has 0 aliphatic heterocycles. The van der Waals surface area contributed by atoms with Crippen molar-refractivity contribution in [2.75, 3.05) is 0 Å². The van der Waals surface area contributed by atoms with Crippen molar-refractivity contribution < 1.29 is 8.42 Å². The van der Waals surface area contributed by atoms with Gasteiger partial charge in [0, 0.05) is 11.3 Å². The van der Waals surface area contributed by atoms with Crippen molar-refractivity contribution in [3.05, 3.63) is 49.9 Å². The summed E-state index contributed by atoms with van der Waals surface area (Å²) in [5, 5.41) is 3.54. The maximum Gasteiger partial charge on any atom is 0.160 e. The van der Waals surface area contributed by atoms with Crippen molar-refractivity contribution in [2.45, 2.75) is 31.3 Å². The van der Waals surface area contributed by atoms with Crippen LogP contribution in [0.2, 0.25) is 10.0 Å². The van der Waals surface area contributed by atoms with E-state index in [-0.39, 0.29) is 11.5 Å². The van der Waals surface area contributed by atoms with Gasteiger partial charge in [0.25, 0.3) is 0 Å². The molecule has 0 atom stereocenters. The highest BCUT2D eigenvalue weighted by molar-refractivity contribution is 7.89. The second-order valence-electron chi connectivity index (χ2n) is 5.11. The minimum Gasteiger partial charge on any atom is -0.245 e. The quantitative estimate of drug-likeness (QED) is 0.773. The number of halogens is 2. The Bertz CT molecular complexity index is 739. The van der Waals surface area contributed by atoms with Gasteiger partial charge in [-0.3, -0.25) is 0 Å². The first-order valence-electron chi connectivity index (χ1n) is 6.35. The molecule has 1 aromatic heterocycles. The topological polar surface area (TPSA) is 47.0 Å². The number of hydrogen-bond acceptors (Lipinski definition) is 4. The predicted octanol–water partition coefficient (Wildman–Crippen LogP) is 4.69. The fourth-order valence-electron chi connectivity index (χ4n) is 1.81. The van der Waals surface area contributed by atoms with Crippen molar-refractivity contribution >= 4 is 44.4 Å². The van der Waals surface area contributed by atoms with Gasteiger partial charge in [-0.1, -0.05) is 43.1 Å². The Morgan fingerprint density at radius 2 is 1.90 bits per heavy atom. The Balaban J connectivity index is 2.12. The Morgan fingerprint density at radius 3 is 2.48 bits per heavy atom. The van der Waals surface area contributed by atoms with Crippen LogP contribution in [0.5, 0.6) is 0 Å². The van der Waals surface area contributed by atoms with E-state index >= 15 is 0 Å². The summed E-state index contributed by atoms with van der Waals surface area (Å²) in [5.74, 6) is 0.177. The molecule has 0 bridgehead atoms. The summed E-state index contributed by atoms with van der Waals surface area (Å²) < 4.78 is 24.5. The standard InChI is InChI=1S/C14H15Cl2NO2S2/c1-9(2)14-17-11(6-20-14)8-21(18,19)7-10-3-4-12(15)13(16)5-10/h3-6,9H,7-8H2,1-2H3. The third-order valence-corrected chi connectivity index (χ3v) is 6.24. The van der Waals surface area contributed by atoms with E-state index in [1.165, 1.54) is 11.3 Å². The molecule has 0 unspecified atom stereocenters. The molecule has 3 nitrogen and oxygen atoms in total. The maximum absolute atomic E-state index is 12.2. The monoisotopic (exact) mass is 363 g/mol. The molecule has 2 rings (SSSR count). The first kappa shape index (κ1) is 16.7. The Kier molecular flexibility index (Phi) is 5.30. The molecule has 0 N–H and O–H groups in total. The first-order valence-corrected chi connectivity index (χ1v) is 9.81. The summed E-state index contributed by atoms with van der Waals surface area (Å²) in [5.41, 5.74) is 1.23. The lowest BCUT2D eigenvalue weighted by atomic mass is 10.2. The third kappa shape index (κ3) is 4.68. The highest BCUT2D eigenvalue weighted by atomic mass is 35.5. The van der Waals surface area contributed by atoms with Crippen LogP contribution >= 0.6 is 34.5 Å². The molecular formula is C14H15Cl2NO2S2.